The number of nitrogens with zero attached hydrogens (tertiary/aromatic N) is 2. The molecule has 3 rings (SSSR count). The number of nitrogens with one attached hydrogen (secondary N) is 1. The van der Waals surface area contributed by atoms with Crippen molar-refractivity contribution in [3.63, 3.8) is 0 Å². The van der Waals surface area contributed by atoms with Crippen molar-refractivity contribution in [2.45, 2.75) is 31.0 Å². The number of phosphoric ester groups is 1. The number of nitrogens with two attached hydrogens (primary N) is 1. The SMILES string of the molecule is C[C@H](OP(=O)(O)OP(=O)(O)OP(=O)(O)O)[C@H]1O[C@@H](n2cc(F)c3c(=O)[nH]c(N)nc32)C(O)(C#CCl)C1CO. The summed E-state index contributed by atoms with van der Waals surface area (Å²) in [6.07, 6.45) is -4.50. The molecule has 18 nitrogen and oxygen atoms in total. The van der Waals surface area contributed by atoms with Gasteiger partial charge < -0.3 is 40.3 Å². The van der Waals surface area contributed by atoms with Crippen molar-refractivity contribution < 1.29 is 65.8 Å². The van der Waals surface area contributed by atoms with Crippen LogP contribution in [0.1, 0.15) is 13.2 Å². The summed E-state index contributed by atoms with van der Waals surface area (Å²) in [7, 11) is -17.2. The van der Waals surface area contributed by atoms with E-state index in [1.54, 1.807) is 0 Å². The van der Waals surface area contributed by atoms with Crippen molar-refractivity contribution >= 4 is 52.1 Å². The molecule has 0 spiro atoms. The van der Waals surface area contributed by atoms with E-state index in [0.717, 1.165) is 11.5 Å². The molecule has 0 radical (unpaired) electrons. The molecule has 2 aromatic rings. The number of rotatable bonds is 9. The van der Waals surface area contributed by atoms with Crippen molar-refractivity contribution in [2.24, 2.45) is 5.92 Å². The summed E-state index contributed by atoms with van der Waals surface area (Å²) in [5.74, 6) is -0.944. The average molecular weight is 627 g/mol. The predicted molar refractivity (Wildman–Crippen MR) is 122 cm³/mol. The van der Waals surface area contributed by atoms with E-state index >= 15 is 0 Å². The maximum absolute atomic E-state index is 14.6. The van der Waals surface area contributed by atoms with Crippen LogP contribution in [0.25, 0.3) is 11.0 Å². The monoisotopic (exact) mass is 626 g/mol. The second-order valence-electron chi connectivity index (χ2n) is 7.72. The van der Waals surface area contributed by atoms with E-state index in [9.17, 15) is 42.9 Å². The second kappa shape index (κ2) is 10.7. The summed E-state index contributed by atoms with van der Waals surface area (Å²) in [6, 6.07) is 0. The lowest BCUT2D eigenvalue weighted by Gasteiger charge is -2.29. The summed E-state index contributed by atoms with van der Waals surface area (Å²) in [6.45, 7) is 0.0447. The molecule has 1 saturated heterocycles. The molecule has 212 valence electrons. The second-order valence-corrected chi connectivity index (χ2v) is 12.3. The molecule has 38 heavy (non-hydrogen) atoms. The van der Waals surface area contributed by atoms with Gasteiger partial charge in [-0.3, -0.25) is 18.9 Å². The van der Waals surface area contributed by atoms with Crippen LogP contribution in [0.15, 0.2) is 11.0 Å². The summed E-state index contributed by atoms with van der Waals surface area (Å²) in [5, 5.41) is 22.7. The fraction of sp³-hybridized carbons (Fsp3) is 0.467. The Hall–Kier alpha value is -1.71. The van der Waals surface area contributed by atoms with Crippen molar-refractivity contribution in [2.75, 3.05) is 12.3 Å². The lowest BCUT2D eigenvalue weighted by atomic mass is 9.84. The number of hydrogen-bond donors (Lipinski definition) is 8. The number of aliphatic hydroxyl groups excluding tert-OH is 1. The topological polar surface area (TPSA) is 286 Å². The van der Waals surface area contributed by atoms with Gasteiger partial charge >= 0.3 is 23.5 Å². The molecule has 1 aliphatic heterocycles. The van der Waals surface area contributed by atoms with Crippen LogP contribution in [0, 0.1) is 23.0 Å². The Labute approximate surface area is 215 Å². The highest BCUT2D eigenvalue weighted by Gasteiger charge is 2.59. The van der Waals surface area contributed by atoms with Crippen molar-refractivity contribution in [1.82, 2.24) is 14.5 Å². The van der Waals surface area contributed by atoms with E-state index in [4.69, 9.17) is 36.4 Å². The molecule has 2 aromatic heterocycles. The lowest BCUT2D eigenvalue weighted by Crippen LogP contribution is -2.45. The molecular weight excluding hydrogens is 608 g/mol. The predicted octanol–water partition coefficient (Wildman–Crippen LogP) is -0.386. The zero-order valence-corrected chi connectivity index (χ0v) is 22.1. The molecule has 23 heteroatoms. The largest absolute Gasteiger partial charge is 0.490 e. The third-order valence-corrected chi connectivity index (χ3v) is 9.17. The number of phosphoric acid groups is 3. The Morgan fingerprint density at radius 2 is 1.95 bits per heavy atom. The van der Waals surface area contributed by atoms with E-state index in [1.165, 1.54) is 0 Å². The van der Waals surface area contributed by atoms with Gasteiger partial charge in [-0.25, -0.2) is 18.1 Å². The molecule has 0 bridgehead atoms. The van der Waals surface area contributed by atoms with Crippen LogP contribution in [0.5, 0.6) is 0 Å². The first kappa shape index (κ1) is 30.8. The summed E-state index contributed by atoms with van der Waals surface area (Å²) in [5.41, 5.74) is 1.61. The van der Waals surface area contributed by atoms with E-state index in [2.05, 4.69) is 24.5 Å². The molecule has 0 aromatic carbocycles. The van der Waals surface area contributed by atoms with Crippen LogP contribution >= 0.6 is 35.1 Å². The number of ether oxygens (including phenoxy) is 1. The molecule has 9 N–H and O–H groups in total. The average Bonchev–Trinajstić information content (AvgIpc) is 3.18. The first-order valence-corrected chi connectivity index (χ1v) is 14.7. The maximum atomic E-state index is 14.6. The zero-order valence-electron chi connectivity index (χ0n) is 18.6. The van der Waals surface area contributed by atoms with E-state index in [-0.39, 0.29) is 0 Å². The van der Waals surface area contributed by atoms with Crippen molar-refractivity contribution in [3.05, 3.63) is 22.4 Å². The maximum Gasteiger partial charge on any atom is 0.490 e. The van der Waals surface area contributed by atoms with Crippen LogP contribution in [0.3, 0.4) is 0 Å². The standard InChI is InChI=1S/C15H19ClFN4O14P3/c1-6(33-37(28,29)35-38(30,31)34-36(25,26)27)10-7(5-22)15(24,2-3-16)13(32-10)21-4-8(17)9-11(21)19-14(18)20-12(9)23/h4,6-7,10,13,22,24H,5H2,1H3,(H,28,29)(H,30,31)(H2,25,26,27)(H3,18,19,20,23)/t6-,7?,10+,13+,15?/m0/s1. The molecule has 0 aliphatic carbocycles. The van der Waals surface area contributed by atoms with Gasteiger partial charge in [-0.15, -0.1) is 0 Å². The van der Waals surface area contributed by atoms with Crippen LogP contribution in [0.2, 0.25) is 0 Å². The van der Waals surface area contributed by atoms with E-state index < -0.39 is 88.4 Å². The first-order chi connectivity index (χ1) is 17.3. The Bertz CT molecular complexity index is 1500. The molecule has 7 atom stereocenters. The number of aromatic amines is 1. The minimum atomic E-state index is -5.85. The van der Waals surface area contributed by atoms with Gasteiger partial charge in [-0.2, -0.15) is 13.6 Å². The lowest BCUT2D eigenvalue weighted by molar-refractivity contribution is -0.0830. The minimum Gasteiger partial charge on any atom is -0.396 e. The highest BCUT2D eigenvalue weighted by molar-refractivity contribution is 7.66. The Kier molecular flexibility index (Phi) is 8.68. The number of H-pyrrole nitrogens is 1. The molecule has 0 saturated carbocycles. The summed E-state index contributed by atoms with van der Waals surface area (Å²) < 4.78 is 67.8. The van der Waals surface area contributed by atoms with Gasteiger partial charge in [0.05, 0.1) is 24.7 Å². The number of hydrogen-bond acceptors (Lipinski definition) is 12. The molecule has 3 heterocycles. The highest BCUT2D eigenvalue weighted by atomic mass is 35.5. The van der Waals surface area contributed by atoms with Crippen molar-refractivity contribution in [3.8, 4) is 11.3 Å². The van der Waals surface area contributed by atoms with Crippen molar-refractivity contribution in [1.29, 1.82) is 0 Å². The third kappa shape index (κ3) is 6.36. The summed E-state index contributed by atoms with van der Waals surface area (Å²) in [4.78, 5) is 54.5. The highest BCUT2D eigenvalue weighted by Crippen LogP contribution is 2.67. The fourth-order valence-electron chi connectivity index (χ4n) is 3.85. The molecule has 0 amide bonds. The van der Waals surface area contributed by atoms with Gasteiger partial charge in [0.15, 0.2) is 23.3 Å². The third-order valence-electron chi connectivity index (χ3n) is 5.15. The van der Waals surface area contributed by atoms with Gasteiger partial charge in [0.2, 0.25) is 5.95 Å². The minimum absolute atomic E-state index is 0.429. The zero-order chi connectivity index (χ0) is 28.8. The van der Waals surface area contributed by atoms with E-state index in [1.807, 2.05) is 5.38 Å². The Balaban J connectivity index is 2.01. The molecule has 4 unspecified atom stereocenters. The van der Waals surface area contributed by atoms with Crippen LogP contribution in [0.4, 0.5) is 10.3 Å². The Morgan fingerprint density at radius 1 is 1.32 bits per heavy atom. The van der Waals surface area contributed by atoms with Gasteiger partial charge in [-0.05, 0) is 24.4 Å². The van der Waals surface area contributed by atoms with Crippen LogP contribution < -0.4 is 11.3 Å². The number of aliphatic hydroxyl groups is 2. The first-order valence-electron chi connectivity index (χ1n) is 9.83. The summed E-state index contributed by atoms with van der Waals surface area (Å²) >= 11 is 5.47. The number of aromatic nitrogens is 3. The fourth-order valence-corrected chi connectivity index (χ4v) is 7.20. The van der Waals surface area contributed by atoms with Gasteiger partial charge in [0.25, 0.3) is 5.56 Å². The van der Waals surface area contributed by atoms with Gasteiger partial charge in [0.1, 0.15) is 5.39 Å². The molecular formula is C15H19ClFN4O14P3. The van der Waals surface area contributed by atoms with Gasteiger partial charge in [0, 0.05) is 11.6 Å². The number of nitrogen functional groups attached to an aromatic ring is 1. The van der Waals surface area contributed by atoms with Crippen LogP contribution in [-0.2, 0) is 31.6 Å². The number of halogens is 2. The quantitative estimate of drug-likeness (QED) is 0.130. The van der Waals surface area contributed by atoms with Crippen LogP contribution in [-0.4, -0.2) is 68.7 Å². The smallest absolute Gasteiger partial charge is 0.396 e. The number of fused-ring (bicyclic) bond motifs is 1. The van der Waals surface area contributed by atoms with E-state index in [0.29, 0.717) is 6.20 Å². The van der Waals surface area contributed by atoms with Gasteiger partial charge in [-0.1, -0.05) is 0 Å². The molecule has 1 fully saturated rings. The Morgan fingerprint density at radius 3 is 2.50 bits per heavy atom. The normalized spacial score (nSPS) is 27.9. The molecule has 1 aliphatic rings. The number of anilines is 1.